The summed E-state index contributed by atoms with van der Waals surface area (Å²) >= 11 is 0. The number of likely N-dealkylation sites (N-methyl/N-ethyl adjacent to an activating group) is 1. The molecule has 2 aromatic heterocycles. The van der Waals surface area contributed by atoms with Crippen LogP contribution >= 0.6 is 7.82 Å². The van der Waals surface area contributed by atoms with Crippen molar-refractivity contribution in [3.8, 4) is 16.9 Å². The zero-order valence-corrected chi connectivity index (χ0v) is 24.8. The van der Waals surface area contributed by atoms with E-state index in [1.807, 2.05) is 25.1 Å². The number of fused-ring (bicyclic) bond motifs is 3. The molecule has 1 fully saturated rings. The molecule has 0 amide bonds. The molecular weight excluding hydrogens is 591 g/mol. The molecule has 226 valence electrons. The monoisotopic (exact) mass is 623 g/mol. The van der Waals surface area contributed by atoms with Crippen LogP contribution in [0.15, 0.2) is 53.6 Å². The number of ether oxygens (including phenoxy) is 1. The molecule has 0 spiro atoms. The second-order valence-corrected chi connectivity index (χ2v) is 13.8. The molecule has 1 aliphatic rings. The number of nitrogens with zero attached hydrogens (tertiary/aromatic N) is 2. The normalized spacial score (nSPS) is 14.7. The molecule has 0 aliphatic heterocycles. The first-order chi connectivity index (χ1) is 19.8. The van der Waals surface area contributed by atoms with Gasteiger partial charge in [0.05, 0.1) is 22.3 Å². The van der Waals surface area contributed by atoms with Gasteiger partial charge in [-0.2, -0.15) is 8.78 Å². The zero-order chi connectivity index (χ0) is 30.3. The molecule has 2 heterocycles. The second-order valence-electron chi connectivity index (χ2n) is 10.4. The minimum absolute atomic E-state index is 0.0704. The predicted octanol–water partition coefficient (Wildman–Crippen LogP) is 5.42. The summed E-state index contributed by atoms with van der Waals surface area (Å²) in [5.41, 5.74) is 3.73. The van der Waals surface area contributed by atoms with Crippen molar-refractivity contribution in [1.82, 2.24) is 14.9 Å². The van der Waals surface area contributed by atoms with Gasteiger partial charge < -0.3 is 19.5 Å². The summed E-state index contributed by atoms with van der Waals surface area (Å²) in [4.78, 5) is 26.4. The number of aromatic amines is 1. The number of phosphoric ester groups is 1. The molecule has 0 saturated heterocycles. The summed E-state index contributed by atoms with van der Waals surface area (Å²) in [5.74, 6) is 0.478. The molecule has 5 rings (SSSR count). The highest BCUT2D eigenvalue weighted by atomic mass is 32.2. The standard InChI is InChI=1S/C28H32F2N3O7PS/c1-3-33(28(29,30)17-40-41(34,35)36)12-5-13-39-24-11-10-22(25-23-14-18(2)16-31-27(23)32-26(24)25)19-6-4-7-21(15-19)42(37,38)20-8-9-20/h4,6-7,10-11,14-16,20H,3,5,8-9,12-13,17H2,1-2H3,(H,31,32)(H2,34,35,36). The van der Waals surface area contributed by atoms with Crippen LogP contribution in [-0.2, 0) is 18.9 Å². The Bertz CT molecular complexity index is 1770. The average Bonchev–Trinajstić information content (AvgIpc) is 3.74. The van der Waals surface area contributed by atoms with Crippen molar-refractivity contribution in [3.05, 3.63) is 54.2 Å². The molecule has 42 heavy (non-hydrogen) atoms. The van der Waals surface area contributed by atoms with Crippen LogP contribution in [0.3, 0.4) is 0 Å². The number of sulfone groups is 1. The van der Waals surface area contributed by atoms with Crippen LogP contribution in [0.4, 0.5) is 8.78 Å². The van der Waals surface area contributed by atoms with Gasteiger partial charge in [0.25, 0.3) is 0 Å². The number of nitrogens with one attached hydrogen (secondary N) is 1. The summed E-state index contributed by atoms with van der Waals surface area (Å²) in [7, 11) is -8.42. The van der Waals surface area contributed by atoms with E-state index in [4.69, 9.17) is 14.5 Å². The van der Waals surface area contributed by atoms with E-state index in [2.05, 4.69) is 14.5 Å². The maximum Gasteiger partial charge on any atom is 0.469 e. The number of aryl methyl sites for hydroxylation is 1. The predicted molar refractivity (Wildman–Crippen MR) is 154 cm³/mol. The Labute approximate surface area is 241 Å². The van der Waals surface area contributed by atoms with E-state index in [9.17, 15) is 21.8 Å². The van der Waals surface area contributed by atoms with Gasteiger partial charge >= 0.3 is 13.9 Å². The molecule has 0 radical (unpaired) electrons. The van der Waals surface area contributed by atoms with E-state index >= 15 is 0 Å². The van der Waals surface area contributed by atoms with Crippen molar-refractivity contribution in [2.24, 2.45) is 0 Å². The number of pyridine rings is 1. The minimum atomic E-state index is -5.03. The summed E-state index contributed by atoms with van der Waals surface area (Å²) in [5, 5.41) is 1.31. The van der Waals surface area contributed by atoms with Gasteiger partial charge in [-0.15, -0.1) is 0 Å². The van der Waals surface area contributed by atoms with Crippen LogP contribution < -0.4 is 4.74 Å². The summed E-state index contributed by atoms with van der Waals surface area (Å²) < 4.78 is 75.7. The SMILES string of the molecule is CCN(CCCOc1ccc(-c2cccc(S(=O)(=O)C3CC3)c2)c2c1[nH]c1ncc(C)cc12)C(F)(F)COP(=O)(O)O. The molecule has 10 nitrogen and oxygen atoms in total. The molecule has 0 atom stereocenters. The van der Waals surface area contributed by atoms with Crippen LogP contribution in [0.2, 0.25) is 0 Å². The fourth-order valence-corrected chi connectivity index (χ4v) is 7.01. The maximum atomic E-state index is 14.5. The molecular formula is C28H32F2N3O7PS. The Morgan fingerprint density at radius 3 is 2.64 bits per heavy atom. The summed E-state index contributed by atoms with van der Waals surface area (Å²) in [6.07, 6.45) is 3.27. The maximum absolute atomic E-state index is 14.5. The minimum Gasteiger partial charge on any atom is -0.491 e. The number of H-pyrrole nitrogens is 1. The number of alkyl halides is 2. The number of hydrogen-bond acceptors (Lipinski definition) is 7. The Kier molecular flexibility index (Phi) is 8.45. The third-order valence-electron chi connectivity index (χ3n) is 7.22. The van der Waals surface area contributed by atoms with Gasteiger partial charge in [0, 0.05) is 30.1 Å². The van der Waals surface area contributed by atoms with Crippen LogP contribution in [0.25, 0.3) is 33.1 Å². The van der Waals surface area contributed by atoms with E-state index in [0.717, 1.165) is 32.4 Å². The van der Waals surface area contributed by atoms with Crippen LogP contribution in [-0.4, -0.2) is 70.7 Å². The molecule has 1 saturated carbocycles. The van der Waals surface area contributed by atoms with E-state index in [1.165, 1.54) is 6.92 Å². The van der Waals surface area contributed by atoms with Gasteiger partial charge in [0.2, 0.25) is 0 Å². The van der Waals surface area contributed by atoms with Gasteiger partial charge in [0.1, 0.15) is 18.0 Å². The number of benzene rings is 2. The first-order valence-electron chi connectivity index (χ1n) is 13.5. The Morgan fingerprint density at radius 2 is 1.95 bits per heavy atom. The van der Waals surface area contributed by atoms with Gasteiger partial charge in [0.15, 0.2) is 9.84 Å². The number of rotatable bonds is 13. The molecule has 14 heteroatoms. The molecule has 3 N–H and O–H groups in total. The fraction of sp³-hybridized carbons (Fsp3) is 0.393. The zero-order valence-electron chi connectivity index (χ0n) is 23.1. The van der Waals surface area contributed by atoms with Crippen molar-refractivity contribution in [2.75, 3.05) is 26.3 Å². The van der Waals surface area contributed by atoms with Gasteiger partial charge in [-0.05, 0) is 73.2 Å². The van der Waals surface area contributed by atoms with Crippen LogP contribution in [0.1, 0.15) is 31.7 Å². The Hall–Kier alpha value is -2.93. The topological polar surface area (TPSA) is 142 Å². The molecule has 0 unspecified atom stereocenters. The van der Waals surface area contributed by atoms with E-state index in [1.54, 1.807) is 30.5 Å². The Morgan fingerprint density at radius 1 is 1.19 bits per heavy atom. The van der Waals surface area contributed by atoms with Gasteiger partial charge in [-0.1, -0.05) is 19.1 Å². The lowest BCUT2D eigenvalue weighted by molar-refractivity contribution is -0.169. The van der Waals surface area contributed by atoms with E-state index in [-0.39, 0.29) is 36.3 Å². The number of phosphoric acid groups is 1. The molecule has 0 bridgehead atoms. The Balaban J connectivity index is 1.41. The van der Waals surface area contributed by atoms with Gasteiger partial charge in [-0.25, -0.2) is 22.9 Å². The van der Waals surface area contributed by atoms with Crippen molar-refractivity contribution in [2.45, 2.75) is 49.3 Å². The molecule has 2 aromatic carbocycles. The van der Waals surface area contributed by atoms with Gasteiger partial charge in [-0.3, -0.25) is 4.52 Å². The lowest BCUT2D eigenvalue weighted by Gasteiger charge is -2.29. The number of halogens is 2. The summed E-state index contributed by atoms with van der Waals surface area (Å²) in [6, 6.07) is 8.92. The lowest BCUT2D eigenvalue weighted by Crippen LogP contribution is -2.45. The highest BCUT2D eigenvalue weighted by molar-refractivity contribution is 7.92. The smallest absolute Gasteiger partial charge is 0.469 e. The van der Waals surface area contributed by atoms with Crippen molar-refractivity contribution >= 4 is 39.6 Å². The van der Waals surface area contributed by atoms with E-state index in [0.29, 0.717) is 29.8 Å². The third-order valence-corrected chi connectivity index (χ3v) is 9.95. The quantitative estimate of drug-likeness (QED) is 0.101. The van der Waals surface area contributed by atoms with E-state index < -0.39 is 30.3 Å². The third kappa shape index (κ3) is 6.51. The average molecular weight is 624 g/mol. The first-order valence-corrected chi connectivity index (χ1v) is 16.6. The highest BCUT2D eigenvalue weighted by Crippen LogP contribution is 2.41. The highest BCUT2D eigenvalue weighted by Gasteiger charge is 2.39. The van der Waals surface area contributed by atoms with Crippen molar-refractivity contribution in [3.63, 3.8) is 0 Å². The molecule has 1 aliphatic carbocycles. The fourth-order valence-electron chi connectivity index (χ4n) is 4.98. The van der Waals surface area contributed by atoms with Crippen LogP contribution in [0, 0.1) is 6.92 Å². The van der Waals surface area contributed by atoms with Crippen LogP contribution in [0.5, 0.6) is 5.75 Å². The largest absolute Gasteiger partial charge is 0.491 e. The lowest BCUT2D eigenvalue weighted by atomic mass is 9.99. The first kappa shape index (κ1) is 30.5. The molecule has 4 aromatic rings. The summed E-state index contributed by atoms with van der Waals surface area (Å²) in [6.45, 7) is 1.91. The van der Waals surface area contributed by atoms with Crippen molar-refractivity contribution < 1.29 is 40.8 Å². The van der Waals surface area contributed by atoms with Crippen molar-refractivity contribution in [1.29, 1.82) is 0 Å². The second kappa shape index (κ2) is 11.6. The number of hydrogen-bond donors (Lipinski definition) is 3. The number of aromatic nitrogens is 2.